The molecule has 6 nitrogen and oxygen atoms in total. The van der Waals surface area contributed by atoms with E-state index in [0.29, 0.717) is 19.1 Å². The average molecular weight is 326 g/mol. The first-order valence-corrected chi connectivity index (χ1v) is 9.32. The maximum absolute atomic E-state index is 12.6. The van der Waals surface area contributed by atoms with Crippen LogP contribution in [-0.4, -0.2) is 61.9 Å². The Morgan fingerprint density at radius 2 is 1.82 bits per heavy atom. The molecule has 7 heteroatoms. The standard InChI is InChI=1S/C15H26N4O2S/c1-4-13(5-2)17-15-7-6-14(12-16-15)22(20,21)19-10-8-18(3)9-11-19/h6-7,12-13H,4-5,8-11H2,1-3H3,(H,16,17). The second kappa shape index (κ2) is 7.39. The van der Waals surface area contributed by atoms with Crippen LogP contribution in [0.25, 0.3) is 0 Å². The van der Waals surface area contributed by atoms with E-state index in [9.17, 15) is 8.42 Å². The minimum atomic E-state index is -3.43. The van der Waals surface area contributed by atoms with Gasteiger partial charge in [0.1, 0.15) is 10.7 Å². The summed E-state index contributed by atoms with van der Waals surface area (Å²) < 4.78 is 26.7. The van der Waals surface area contributed by atoms with Crippen molar-refractivity contribution >= 4 is 15.8 Å². The Morgan fingerprint density at radius 1 is 1.18 bits per heavy atom. The van der Waals surface area contributed by atoms with Crippen molar-refractivity contribution < 1.29 is 8.42 Å². The average Bonchev–Trinajstić information content (AvgIpc) is 2.53. The van der Waals surface area contributed by atoms with Crippen molar-refractivity contribution in [3.05, 3.63) is 18.3 Å². The van der Waals surface area contributed by atoms with Crippen molar-refractivity contribution in [3.8, 4) is 0 Å². The molecule has 0 unspecified atom stereocenters. The molecule has 0 aliphatic carbocycles. The predicted octanol–water partition coefficient (Wildman–Crippen LogP) is 1.62. The molecule has 1 N–H and O–H groups in total. The Kier molecular flexibility index (Phi) is 5.77. The molecule has 0 spiro atoms. The zero-order chi connectivity index (χ0) is 16.2. The highest BCUT2D eigenvalue weighted by Crippen LogP contribution is 2.18. The van der Waals surface area contributed by atoms with E-state index in [4.69, 9.17) is 0 Å². The lowest BCUT2D eigenvalue weighted by molar-refractivity contribution is 0.222. The topological polar surface area (TPSA) is 65.5 Å². The lowest BCUT2D eigenvalue weighted by Gasteiger charge is -2.31. The Hall–Kier alpha value is -1.18. The molecule has 1 aliphatic heterocycles. The predicted molar refractivity (Wildman–Crippen MR) is 88.5 cm³/mol. The van der Waals surface area contributed by atoms with Crippen molar-refractivity contribution in [2.45, 2.75) is 37.6 Å². The molecule has 2 heterocycles. The molecule has 22 heavy (non-hydrogen) atoms. The third kappa shape index (κ3) is 3.97. The van der Waals surface area contributed by atoms with Gasteiger partial charge in [-0.15, -0.1) is 0 Å². The number of hydrogen-bond donors (Lipinski definition) is 1. The summed E-state index contributed by atoms with van der Waals surface area (Å²) in [5.41, 5.74) is 0. The van der Waals surface area contributed by atoms with Crippen LogP contribution < -0.4 is 5.32 Å². The number of piperazine rings is 1. The van der Waals surface area contributed by atoms with Crippen molar-refractivity contribution in [2.75, 3.05) is 38.5 Å². The van der Waals surface area contributed by atoms with Crippen LogP contribution in [0, 0.1) is 0 Å². The van der Waals surface area contributed by atoms with Crippen molar-refractivity contribution in [1.29, 1.82) is 0 Å². The lowest BCUT2D eigenvalue weighted by Crippen LogP contribution is -2.47. The SMILES string of the molecule is CCC(CC)Nc1ccc(S(=O)(=O)N2CCN(C)CC2)cn1. The van der Waals surface area contributed by atoms with E-state index in [1.54, 1.807) is 12.1 Å². The van der Waals surface area contributed by atoms with Gasteiger partial charge in [-0.2, -0.15) is 4.31 Å². The maximum atomic E-state index is 12.6. The molecular weight excluding hydrogens is 300 g/mol. The minimum absolute atomic E-state index is 0.271. The van der Waals surface area contributed by atoms with Crippen LogP contribution in [0.2, 0.25) is 0 Å². The Balaban J connectivity index is 2.09. The molecule has 0 bridgehead atoms. The molecule has 0 aromatic carbocycles. The molecule has 1 aromatic rings. The van der Waals surface area contributed by atoms with Gasteiger partial charge >= 0.3 is 0 Å². The highest BCUT2D eigenvalue weighted by Gasteiger charge is 2.27. The normalized spacial score (nSPS) is 17.8. The molecule has 0 atom stereocenters. The largest absolute Gasteiger partial charge is 0.367 e. The Labute approximate surface area is 133 Å². The van der Waals surface area contributed by atoms with Crippen LogP contribution in [-0.2, 0) is 10.0 Å². The molecular formula is C15H26N4O2S. The summed E-state index contributed by atoms with van der Waals surface area (Å²) in [7, 11) is -1.42. The number of aromatic nitrogens is 1. The van der Waals surface area contributed by atoms with Crippen LogP contribution in [0.4, 0.5) is 5.82 Å². The van der Waals surface area contributed by atoms with Crippen LogP contribution in [0.5, 0.6) is 0 Å². The van der Waals surface area contributed by atoms with Gasteiger partial charge in [-0.25, -0.2) is 13.4 Å². The number of nitrogens with zero attached hydrogens (tertiary/aromatic N) is 3. The van der Waals surface area contributed by atoms with Gasteiger partial charge in [-0.3, -0.25) is 0 Å². The van der Waals surface area contributed by atoms with Gasteiger partial charge in [0.25, 0.3) is 0 Å². The fourth-order valence-electron chi connectivity index (χ4n) is 2.50. The second-order valence-electron chi connectivity index (χ2n) is 5.74. The molecule has 0 amide bonds. The van der Waals surface area contributed by atoms with Crippen molar-refractivity contribution in [1.82, 2.24) is 14.2 Å². The third-order valence-electron chi connectivity index (χ3n) is 4.17. The van der Waals surface area contributed by atoms with Gasteiger partial charge in [0.15, 0.2) is 0 Å². The molecule has 1 aromatic heterocycles. The van der Waals surface area contributed by atoms with E-state index in [1.807, 2.05) is 7.05 Å². The number of rotatable bonds is 6. The van der Waals surface area contributed by atoms with E-state index < -0.39 is 10.0 Å². The quantitative estimate of drug-likeness (QED) is 0.860. The number of likely N-dealkylation sites (N-methyl/N-ethyl adjacent to an activating group) is 1. The molecule has 2 rings (SSSR count). The van der Waals surface area contributed by atoms with Gasteiger partial charge in [-0.05, 0) is 32.0 Å². The fourth-order valence-corrected chi connectivity index (χ4v) is 3.87. The van der Waals surface area contributed by atoms with E-state index in [0.717, 1.165) is 31.7 Å². The summed E-state index contributed by atoms with van der Waals surface area (Å²) in [6.07, 6.45) is 3.48. The molecule has 124 valence electrons. The Morgan fingerprint density at radius 3 is 2.32 bits per heavy atom. The number of hydrogen-bond acceptors (Lipinski definition) is 5. The van der Waals surface area contributed by atoms with Crippen molar-refractivity contribution in [2.24, 2.45) is 0 Å². The van der Waals surface area contributed by atoms with E-state index in [-0.39, 0.29) is 4.90 Å². The maximum Gasteiger partial charge on any atom is 0.244 e. The first-order chi connectivity index (χ1) is 10.5. The van der Waals surface area contributed by atoms with E-state index >= 15 is 0 Å². The molecule has 0 radical (unpaired) electrons. The molecule has 1 aliphatic rings. The van der Waals surface area contributed by atoms with Crippen LogP contribution in [0.15, 0.2) is 23.2 Å². The first kappa shape index (κ1) is 17.2. The molecule has 1 fully saturated rings. The molecule has 0 saturated carbocycles. The summed E-state index contributed by atoms with van der Waals surface area (Å²) in [5, 5.41) is 3.32. The van der Waals surface area contributed by atoms with Gasteiger partial charge in [0, 0.05) is 38.4 Å². The lowest BCUT2D eigenvalue weighted by atomic mass is 10.2. The number of nitrogens with one attached hydrogen (secondary N) is 1. The third-order valence-corrected chi connectivity index (χ3v) is 6.06. The van der Waals surface area contributed by atoms with Gasteiger partial charge < -0.3 is 10.2 Å². The van der Waals surface area contributed by atoms with Crippen LogP contribution in [0.1, 0.15) is 26.7 Å². The Bertz CT molecular complexity index is 562. The molecule has 1 saturated heterocycles. The van der Waals surface area contributed by atoms with Crippen molar-refractivity contribution in [3.63, 3.8) is 0 Å². The van der Waals surface area contributed by atoms with Crippen LogP contribution >= 0.6 is 0 Å². The zero-order valence-electron chi connectivity index (χ0n) is 13.6. The summed E-state index contributed by atoms with van der Waals surface area (Å²) in [6, 6.07) is 3.76. The second-order valence-corrected chi connectivity index (χ2v) is 7.68. The van der Waals surface area contributed by atoms with Gasteiger partial charge in [-0.1, -0.05) is 13.8 Å². The summed E-state index contributed by atoms with van der Waals surface area (Å²) in [6.45, 7) is 6.84. The number of sulfonamides is 1. The van der Waals surface area contributed by atoms with Crippen LogP contribution in [0.3, 0.4) is 0 Å². The number of pyridine rings is 1. The minimum Gasteiger partial charge on any atom is -0.367 e. The summed E-state index contributed by atoms with van der Waals surface area (Å²) >= 11 is 0. The zero-order valence-corrected chi connectivity index (χ0v) is 14.4. The van der Waals surface area contributed by atoms with E-state index in [1.165, 1.54) is 10.5 Å². The van der Waals surface area contributed by atoms with Gasteiger partial charge in [0.2, 0.25) is 10.0 Å². The highest BCUT2D eigenvalue weighted by atomic mass is 32.2. The highest BCUT2D eigenvalue weighted by molar-refractivity contribution is 7.89. The first-order valence-electron chi connectivity index (χ1n) is 7.88. The van der Waals surface area contributed by atoms with E-state index in [2.05, 4.69) is 29.0 Å². The monoisotopic (exact) mass is 326 g/mol. The van der Waals surface area contributed by atoms with Gasteiger partial charge in [0.05, 0.1) is 0 Å². The smallest absolute Gasteiger partial charge is 0.244 e. The summed E-state index contributed by atoms with van der Waals surface area (Å²) in [4.78, 5) is 6.67. The fraction of sp³-hybridized carbons (Fsp3) is 0.667. The summed E-state index contributed by atoms with van der Waals surface area (Å²) in [5.74, 6) is 0.728. The number of anilines is 1.